The second kappa shape index (κ2) is 5.85. The molecule has 7 heteroatoms. The maximum absolute atomic E-state index is 12.1. The number of anilines is 1. The topological polar surface area (TPSA) is 71.5 Å². The zero-order valence-corrected chi connectivity index (χ0v) is 15.0. The van der Waals surface area contributed by atoms with E-state index in [1.165, 1.54) is 12.1 Å². The van der Waals surface area contributed by atoms with Gasteiger partial charge in [0.05, 0.1) is 15.5 Å². The summed E-state index contributed by atoms with van der Waals surface area (Å²) in [6, 6.07) is 4.63. The molecule has 1 aliphatic heterocycles. The molecule has 0 amide bonds. The van der Waals surface area contributed by atoms with E-state index in [1.54, 1.807) is 6.07 Å². The lowest BCUT2D eigenvalue weighted by Gasteiger charge is -2.39. The Morgan fingerprint density at radius 2 is 1.68 bits per heavy atom. The summed E-state index contributed by atoms with van der Waals surface area (Å²) in [5, 5.41) is 0. The summed E-state index contributed by atoms with van der Waals surface area (Å²) in [6.45, 7) is 5.05. The van der Waals surface area contributed by atoms with Gasteiger partial charge in [-0.05, 0) is 43.9 Å². The van der Waals surface area contributed by atoms with Crippen LogP contribution in [0.2, 0.25) is 0 Å². The van der Waals surface area contributed by atoms with Gasteiger partial charge in [0.2, 0.25) is 0 Å². The smallest absolute Gasteiger partial charge is 0.177 e. The van der Waals surface area contributed by atoms with Crippen molar-refractivity contribution in [3.8, 4) is 0 Å². The van der Waals surface area contributed by atoms with Crippen LogP contribution in [0.5, 0.6) is 0 Å². The maximum Gasteiger partial charge on any atom is 0.177 e. The molecular formula is C15H23NO4S2. The molecule has 0 N–H and O–H groups in total. The number of rotatable bonds is 3. The van der Waals surface area contributed by atoms with Gasteiger partial charge in [-0.25, -0.2) is 16.8 Å². The Hall–Kier alpha value is -1.08. The molecule has 0 aliphatic carbocycles. The van der Waals surface area contributed by atoms with Crippen LogP contribution >= 0.6 is 0 Å². The summed E-state index contributed by atoms with van der Waals surface area (Å²) >= 11 is 0. The van der Waals surface area contributed by atoms with Gasteiger partial charge in [-0.15, -0.1) is 0 Å². The predicted octanol–water partition coefficient (Wildman–Crippen LogP) is 2.12. The van der Waals surface area contributed by atoms with Crippen molar-refractivity contribution in [1.29, 1.82) is 0 Å². The van der Waals surface area contributed by atoms with Gasteiger partial charge in [0.25, 0.3) is 0 Å². The molecule has 0 aromatic heterocycles. The minimum Gasteiger partial charge on any atom is -0.368 e. The second-order valence-electron chi connectivity index (χ2n) is 6.35. The summed E-state index contributed by atoms with van der Waals surface area (Å²) in [5.74, 6) is 0.614. The minimum absolute atomic E-state index is 0.0368. The lowest BCUT2D eigenvalue weighted by atomic mass is 9.93. The van der Waals surface area contributed by atoms with E-state index in [4.69, 9.17) is 0 Å². The fraction of sp³-hybridized carbons (Fsp3) is 0.600. The molecule has 2 rings (SSSR count). The molecule has 1 aromatic rings. The van der Waals surface area contributed by atoms with Crippen LogP contribution < -0.4 is 4.90 Å². The molecule has 22 heavy (non-hydrogen) atoms. The van der Waals surface area contributed by atoms with Gasteiger partial charge >= 0.3 is 0 Å². The van der Waals surface area contributed by atoms with Crippen LogP contribution in [0.3, 0.4) is 0 Å². The first-order chi connectivity index (χ1) is 10.00. The second-order valence-corrected chi connectivity index (χ2v) is 10.3. The first-order valence-corrected chi connectivity index (χ1v) is 11.1. The number of hydrogen-bond acceptors (Lipinski definition) is 5. The van der Waals surface area contributed by atoms with Crippen molar-refractivity contribution in [1.82, 2.24) is 0 Å². The number of hydrogen-bond donors (Lipinski definition) is 0. The Balaban J connectivity index is 2.57. The van der Waals surface area contributed by atoms with E-state index in [9.17, 15) is 16.8 Å². The molecule has 1 fully saturated rings. The molecule has 0 saturated carbocycles. The molecule has 1 heterocycles. The van der Waals surface area contributed by atoms with Gasteiger partial charge in [-0.1, -0.05) is 6.92 Å². The van der Waals surface area contributed by atoms with Crippen molar-refractivity contribution in [2.75, 3.05) is 24.0 Å². The maximum atomic E-state index is 12.1. The molecule has 124 valence electrons. The molecule has 0 bridgehead atoms. The van der Waals surface area contributed by atoms with Crippen molar-refractivity contribution >= 4 is 25.4 Å². The standard InChI is InChI=1S/C15H23NO4S2/c1-11-7-8-16(12(2)9-11)14-6-5-13(21(3,17)18)10-15(14)22(4,19)20/h5-6,10-12H,7-9H2,1-4H3/t11-,12+/m0/s1. The van der Waals surface area contributed by atoms with E-state index in [-0.39, 0.29) is 15.8 Å². The average molecular weight is 345 g/mol. The van der Waals surface area contributed by atoms with Crippen molar-refractivity contribution in [3.05, 3.63) is 18.2 Å². The Morgan fingerprint density at radius 1 is 1.05 bits per heavy atom. The number of piperidine rings is 1. The molecule has 0 unspecified atom stereocenters. The van der Waals surface area contributed by atoms with E-state index in [2.05, 4.69) is 18.7 Å². The molecule has 2 atom stereocenters. The van der Waals surface area contributed by atoms with Gasteiger partial charge in [0.15, 0.2) is 19.7 Å². The third-order valence-corrected chi connectivity index (χ3v) is 6.44. The van der Waals surface area contributed by atoms with E-state index < -0.39 is 19.7 Å². The fourth-order valence-electron chi connectivity index (χ4n) is 3.02. The van der Waals surface area contributed by atoms with Crippen molar-refractivity contribution in [2.24, 2.45) is 5.92 Å². The van der Waals surface area contributed by atoms with E-state index >= 15 is 0 Å². The SMILES string of the molecule is C[C@H]1CCN(c2ccc(S(C)(=O)=O)cc2S(C)(=O)=O)[C@H](C)C1. The molecule has 0 spiro atoms. The third-order valence-electron chi connectivity index (χ3n) is 4.21. The predicted molar refractivity (Wildman–Crippen MR) is 87.9 cm³/mol. The summed E-state index contributed by atoms with van der Waals surface area (Å²) < 4.78 is 47.6. The first-order valence-electron chi connectivity index (χ1n) is 7.31. The van der Waals surface area contributed by atoms with Crippen LogP contribution in [0.15, 0.2) is 28.0 Å². The Kier molecular flexibility index (Phi) is 4.59. The van der Waals surface area contributed by atoms with Gasteiger partial charge in [-0.3, -0.25) is 0 Å². The molecule has 1 saturated heterocycles. The van der Waals surface area contributed by atoms with Crippen molar-refractivity contribution < 1.29 is 16.8 Å². The van der Waals surface area contributed by atoms with Crippen molar-refractivity contribution in [3.63, 3.8) is 0 Å². The van der Waals surface area contributed by atoms with Crippen LogP contribution in [-0.4, -0.2) is 41.9 Å². The number of benzene rings is 1. The summed E-state index contributed by atoms with van der Waals surface area (Å²) in [7, 11) is -6.95. The number of nitrogens with zero attached hydrogens (tertiary/aromatic N) is 1. The Labute approximate surface area is 133 Å². The monoisotopic (exact) mass is 345 g/mol. The van der Waals surface area contributed by atoms with Gasteiger partial charge in [0, 0.05) is 25.1 Å². The quantitative estimate of drug-likeness (QED) is 0.839. The van der Waals surface area contributed by atoms with Crippen LogP contribution in [0.4, 0.5) is 5.69 Å². The summed E-state index contributed by atoms with van der Waals surface area (Å²) in [4.78, 5) is 2.20. The van der Waals surface area contributed by atoms with E-state index in [1.807, 2.05) is 0 Å². The molecule has 1 aliphatic rings. The summed E-state index contributed by atoms with van der Waals surface area (Å²) in [5.41, 5.74) is 0.606. The Bertz CT molecular complexity index is 769. The van der Waals surface area contributed by atoms with E-state index in [0.29, 0.717) is 11.6 Å². The van der Waals surface area contributed by atoms with Crippen LogP contribution in [0, 0.1) is 5.92 Å². The largest absolute Gasteiger partial charge is 0.368 e. The molecule has 1 aromatic carbocycles. The normalized spacial score (nSPS) is 23.5. The zero-order valence-electron chi connectivity index (χ0n) is 13.4. The van der Waals surface area contributed by atoms with Gasteiger partial charge < -0.3 is 4.90 Å². The lowest BCUT2D eigenvalue weighted by molar-refractivity contribution is 0.376. The van der Waals surface area contributed by atoms with Gasteiger partial charge in [0.1, 0.15) is 0 Å². The highest BCUT2D eigenvalue weighted by molar-refractivity contribution is 7.91. The fourth-order valence-corrected chi connectivity index (χ4v) is 4.65. The Morgan fingerprint density at radius 3 is 2.18 bits per heavy atom. The highest BCUT2D eigenvalue weighted by Gasteiger charge is 2.28. The average Bonchev–Trinajstić information content (AvgIpc) is 2.36. The molecule has 0 radical (unpaired) electrons. The van der Waals surface area contributed by atoms with E-state index in [0.717, 1.165) is 31.9 Å². The number of sulfone groups is 2. The zero-order chi connectivity index (χ0) is 16.7. The highest BCUT2D eigenvalue weighted by Crippen LogP contribution is 2.33. The minimum atomic E-state index is -3.51. The summed E-state index contributed by atoms with van der Waals surface area (Å²) in [6.07, 6.45) is 4.20. The first kappa shape index (κ1) is 17.3. The highest BCUT2D eigenvalue weighted by atomic mass is 32.2. The van der Waals surface area contributed by atoms with Crippen LogP contribution in [-0.2, 0) is 19.7 Å². The lowest BCUT2D eigenvalue weighted by Crippen LogP contribution is -2.40. The van der Waals surface area contributed by atoms with Gasteiger partial charge in [-0.2, -0.15) is 0 Å². The van der Waals surface area contributed by atoms with Crippen LogP contribution in [0.25, 0.3) is 0 Å². The third kappa shape index (κ3) is 3.63. The molecular weight excluding hydrogens is 322 g/mol. The van der Waals surface area contributed by atoms with Crippen molar-refractivity contribution in [2.45, 2.75) is 42.5 Å². The molecule has 5 nitrogen and oxygen atoms in total. The van der Waals surface area contributed by atoms with Crippen LogP contribution in [0.1, 0.15) is 26.7 Å².